The van der Waals surface area contributed by atoms with E-state index in [-0.39, 0.29) is 24.2 Å². The number of allylic oxidation sites excluding steroid dienone is 1. The number of hydrogen-bond acceptors (Lipinski definition) is 2. The summed E-state index contributed by atoms with van der Waals surface area (Å²) in [4.78, 5) is 25.7. The number of anilines is 2. The zero-order chi connectivity index (χ0) is 21.9. The first kappa shape index (κ1) is 23.4. The third kappa shape index (κ3) is 8.24. The van der Waals surface area contributed by atoms with Gasteiger partial charge in [-0.25, -0.2) is 0 Å². The molecule has 0 radical (unpaired) electrons. The van der Waals surface area contributed by atoms with Crippen LogP contribution in [0.5, 0.6) is 0 Å². The summed E-state index contributed by atoms with van der Waals surface area (Å²) in [5, 5.41) is 5.95. The molecule has 160 valence electrons. The first-order valence-corrected chi connectivity index (χ1v) is 10.8. The summed E-state index contributed by atoms with van der Waals surface area (Å²) in [5.74, 6) is 0.300. The highest BCUT2D eigenvalue weighted by molar-refractivity contribution is 5.95. The lowest BCUT2D eigenvalue weighted by atomic mass is 9.85. The normalized spacial score (nSPS) is 12.7. The fraction of sp³-hybridized carbons (Fsp3) is 0.385. The Labute approximate surface area is 180 Å². The van der Waals surface area contributed by atoms with Crippen LogP contribution in [0.2, 0.25) is 0 Å². The van der Waals surface area contributed by atoms with Crippen LogP contribution < -0.4 is 10.6 Å². The Morgan fingerprint density at radius 2 is 1.37 bits per heavy atom. The second-order valence-corrected chi connectivity index (χ2v) is 8.44. The van der Waals surface area contributed by atoms with Gasteiger partial charge in [0.15, 0.2) is 0 Å². The maximum Gasteiger partial charge on any atom is 0.231 e. The van der Waals surface area contributed by atoms with Crippen LogP contribution >= 0.6 is 0 Å². The van der Waals surface area contributed by atoms with Crippen molar-refractivity contribution in [1.82, 2.24) is 0 Å². The van der Waals surface area contributed by atoms with Crippen molar-refractivity contribution in [3.8, 4) is 0 Å². The summed E-state index contributed by atoms with van der Waals surface area (Å²) in [6, 6.07) is 18.9. The molecule has 0 fully saturated rings. The number of para-hydroxylation sites is 2. The number of carbonyl (C=O) groups excluding carboxylic acids is 2. The summed E-state index contributed by atoms with van der Waals surface area (Å²) in [6.45, 7) is 8.55. The minimum absolute atomic E-state index is 0.0544. The molecule has 2 aromatic rings. The lowest BCUT2D eigenvalue weighted by Gasteiger charge is -2.23. The predicted molar refractivity (Wildman–Crippen MR) is 125 cm³/mol. The summed E-state index contributed by atoms with van der Waals surface area (Å²) in [6.07, 6.45) is 3.79. The lowest BCUT2D eigenvalue weighted by Crippen LogP contribution is -2.27. The molecule has 0 saturated carbocycles. The van der Waals surface area contributed by atoms with E-state index in [0.29, 0.717) is 18.3 Å². The van der Waals surface area contributed by atoms with E-state index >= 15 is 0 Å². The molecule has 0 aliphatic carbocycles. The molecular weight excluding hydrogens is 372 g/mol. The Hall–Kier alpha value is -2.88. The molecule has 0 aromatic heterocycles. The SMILES string of the molecule is CC(C)/C=C(\CC(C)C)C(CCC(=O)Nc1ccccc1)C(=O)Nc1ccccc1. The molecule has 2 aromatic carbocycles. The van der Waals surface area contributed by atoms with Crippen LogP contribution in [0.15, 0.2) is 72.3 Å². The highest BCUT2D eigenvalue weighted by atomic mass is 16.2. The van der Waals surface area contributed by atoms with Gasteiger partial charge in [0, 0.05) is 17.8 Å². The summed E-state index contributed by atoms with van der Waals surface area (Å²) >= 11 is 0. The van der Waals surface area contributed by atoms with E-state index in [9.17, 15) is 9.59 Å². The van der Waals surface area contributed by atoms with Gasteiger partial charge in [-0.15, -0.1) is 0 Å². The first-order chi connectivity index (χ1) is 14.3. The molecule has 4 heteroatoms. The smallest absolute Gasteiger partial charge is 0.231 e. The van der Waals surface area contributed by atoms with Crippen molar-refractivity contribution in [1.29, 1.82) is 0 Å². The fourth-order valence-electron chi connectivity index (χ4n) is 3.48. The molecule has 1 atom stereocenters. The van der Waals surface area contributed by atoms with Crippen molar-refractivity contribution >= 4 is 23.2 Å². The molecule has 30 heavy (non-hydrogen) atoms. The average molecular weight is 407 g/mol. The number of rotatable bonds is 10. The minimum Gasteiger partial charge on any atom is -0.326 e. The molecule has 0 saturated heterocycles. The van der Waals surface area contributed by atoms with Crippen LogP contribution in [-0.2, 0) is 9.59 Å². The van der Waals surface area contributed by atoms with Gasteiger partial charge in [0.25, 0.3) is 0 Å². The second-order valence-electron chi connectivity index (χ2n) is 8.44. The van der Waals surface area contributed by atoms with Gasteiger partial charge in [0.1, 0.15) is 0 Å². The molecule has 2 N–H and O–H groups in total. The number of amides is 2. The van der Waals surface area contributed by atoms with Gasteiger partial charge in [-0.1, -0.05) is 75.7 Å². The standard InChI is InChI=1S/C26H34N2O2/c1-19(2)17-21(18-20(3)4)24(26(30)28-23-13-9-6-10-14-23)15-16-25(29)27-22-11-7-5-8-12-22/h5-14,17,19-20,24H,15-16,18H2,1-4H3,(H,27,29)(H,28,30)/b21-17+. The summed E-state index contributed by atoms with van der Waals surface area (Å²) < 4.78 is 0. The first-order valence-electron chi connectivity index (χ1n) is 10.8. The van der Waals surface area contributed by atoms with E-state index in [1.807, 2.05) is 60.7 Å². The van der Waals surface area contributed by atoms with Crippen LogP contribution in [-0.4, -0.2) is 11.8 Å². The third-order valence-electron chi connectivity index (χ3n) is 4.71. The van der Waals surface area contributed by atoms with E-state index in [4.69, 9.17) is 0 Å². The van der Waals surface area contributed by atoms with Gasteiger partial charge >= 0.3 is 0 Å². The molecule has 0 aliphatic rings. The molecule has 4 nitrogen and oxygen atoms in total. The third-order valence-corrected chi connectivity index (χ3v) is 4.71. The van der Waals surface area contributed by atoms with E-state index < -0.39 is 0 Å². The number of carbonyl (C=O) groups is 2. The zero-order valence-corrected chi connectivity index (χ0v) is 18.5. The molecular formula is C26H34N2O2. The van der Waals surface area contributed by atoms with Crippen molar-refractivity contribution in [3.05, 3.63) is 72.3 Å². The largest absolute Gasteiger partial charge is 0.326 e. The minimum atomic E-state index is -0.337. The number of nitrogens with one attached hydrogen (secondary N) is 2. The highest BCUT2D eigenvalue weighted by Gasteiger charge is 2.25. The Balaban J connectivity index is 2.16. The Kier molecular flexibility index (Phi) is 9.33. The van der Waals surface area contributed by atoms with E-state index in [2.05, 4.69) is 44.4 Å². The van der Waals surface area contributed by atoms with Gasteiger partial charge in [-0.3, -0.25) is 9.59 Å². The average Bonchev–Trinajstić information content (AvgIpc) is 2.68. The number of benzene rings is 2. The lowest BCUT2D eigenvalue weighted by molar-refractivity contribution is -0.119. The van der Waals surface area contributed by atoms with Gasteiger partial charge in [-0.2, -0.15) is 0 Å². The highest BCUT2D eigenvalue weighted by Crippen LogP contribution is 2.27. The monoisotopic (exact) mass is 406 g/mol. The summed E-state index contributed by atoms with van der Waals surface area (Å²) in [5.41, 5.74) is 2.66. The zero-order valence-electron chi connectivity index (χ0n) is 18.5. The van der Waals surface area contributed by atoms with Gasteiger partial charge in [-0.05, 0) is 48.9 Å². The Morgan fingerprint density at radius 1 is 0.833 bits per heavy atom. The molecule has 2 amide bonds. The van der Waals surface area contributed by atoms with Gasteiger partial charge < -0.3 is 10.6 Å². The molecule has 2 rings (SSSR count). The molecule has 0 heterocycles. The van der Waals surface area contributed by atoms with Crippen molar-refractivity contribution in [3.63, 3.8) is 0 Å². The molecule has 1 unspecified atom stereocenters. The van der Waals surface area contributed by atoms with Crippen LogP contribution in [0.4, 0.5) is 11.4 Å². The molecule has 0 spiro atoms. The van der Waals surface area contributed by atoms with Crippen molar-refractivity contribution in [2.45, 2.75) is 47.0 Å². The summed E-state index contributed by atoms with van der Waals surface area (Å²) in [7, 11) is 0. The van der Waals surface area contributed by atoms with Crippen LogP contribution in [0.3, 0.4) is 0 Å². The van der Waals surface area contributed by atoms with E-state index in [0.717, 1.165) is 23.4 Å². The van der Waals surface area contributed by atoms with Crippen LogP contribution in [0, 0.1) is 17.8 Å². The quantitative estimate of drug-likeness (QED) is 0.456. The Bertz CT molecular complexity index is 827. The fourth-order valence-corrected chi connectivity index (χ4v) is 3.48. The molecule has 0 aliphatic heterocycles. The van der Waals surface area contributed by atoms with Crippen molar-refractivity contribution < 1.29 is 9.59 Å². The van der Waals surface area contributed by atoms with Gasteiger partial charge in [0.2, 0.25) is 11.8 Å². The Morgan fingerprint density at radius 3 is 1.87 bits per heavy atom. The second kappa shape index (κ2) is 12.0. The maximum absolute atomic E-state index is 13.2. The topological polar surface area (TPSA) is 58.2 Å². The van der Waals surface area contributed by atoms with Crippen LogP contribution in [0.1, 0.15) is 47.0 Å². The van der Waals surface area contributed by atoms with Crippen molar-refractivity contribution in [2.75, 3.05) is 10.6 Å². The number of hydrogen-bond donors (Lipinski definition) is 2. The van der Waals surface area contributed by atoms with Gasteiger partial charge in [0.05, 0.1) is 5.92 Å². The molecule has 0 bridgehead atoms. The van der Waals surface area contributed by atoms with Crippen LogP contribution in [0.25, 0.3) is 0 Å². The van der Waals surface area contributed by atoms with Crippen molar-refractivity contribution in [2.24, 2.45) is 17.8 Å². The van der Waals surface area contributed by atoms with E-state index in [1.165, 1.54) is 0 Å². The maximum atomic E-state index is 13.2. The predicted octanol–water partition coefficient (Wildman–Crippen LogP) is 6.29. The van der Waals surface area contributed by atoms with E-state index in [1.54, 1.807) is 0 Å².